The maximum absolute atomic E-state index is 13.6. The third kappa shape index (κ3) is 12.7. The molecule has 3 aromatic carbocycles. The van der Waals surface area contributed by atoms with Crippen molar-refractivity contribution in [2.24, 2.45) is 0 Å². The molecule has 0 saturated heterocycles. The van der Waals surface area contributed by atoms with E-state index in [1.54, 1.807) is 72.1 Å². The van der Waals surface area contributed by atoms with Crippen molar-refractivity contribution < 1.29 is 38.7 Å². The summed E-state index contributed by atoms with van der Waals surface area (Å²) in [4.78, 5) is 51.0. The van der Waals surface area contributed by atoms with Gasteiger partial charge in [0.15, 0.2) is 0 Å². The predicted octanol–water partition coefficient (Wildman–Crippen LogP) is 9.18. The molecule has 2 amide bonds. The predicted molar refractivity (Wildman–Crippen MR) is 258 cm³/mol. The number of carbonyl (C=O) groups excluding carboxylic acids is 2. The molecule has 0 aliphatic carbocycles. The van der Waals surface area contributed by atoms with Gasteiger partial charge < -0.3 is 39.0 Å². The van der Waals surface area contributed by atoms with E-state index in [9.17, 15) is 29.9 Å². The van der Waals surface area contributed by atoms with E-state index >= 15 is 0 Å². The summed E-state index contributed by atoms with van der Waals surface area (Å²) >= 11 is 6.89. The molecule has 6 aromatic rings. The van der Waals surface area contributed by atoms with Crippen LogP contribution in [-0.2, 0) is 35.8 Å². The molecule has 2 N–H and O–H groups in total. The van der Waals surface area contributed by atoms with E-state index in [4.69, 9.17) is 30.5 Å². The van der Waals surface area contributed by atoms with Gasteiger partial charge >= 0.3 is 12.2 Å². The Labute approximate surface area is 401 Å². The van der Waals surface area contributed by atoms with Crippen LogP contribution in [0.5, 0.6) is 11.5 Å². The highest BCUT2D eigenvalue weighted by molar-refractivity contribution is 6.32. The lowest BCUT2D eigenvalue weighted by atomic mass is 9.90. The number of aliphatic hydroxyl groups excluding tert-OH is 2. The van der Waals surface area contributed by atoms with Gasteiger partial charge in [0.2, 0.25) is 0 Å². The highest BCUT2D eigenvalue weighted by atomic mass is 35.5. The molecule has 6 rings (SSSR count). The Morgan fingerprint density at radius 3 is 1.97 bits per heavy atom. The summed E-state index contributed by atoms with van der Waals surface area (Å²) in [6.07, 6.45) is 4.94. The molecule has 0 aliphatic rings. The highest BCUT2D eigenvalue weighted by Crippen LogP contribution is 2.37. The minimum absolute atomic E-state index is 0.00414. The number of benzene rings is 3. The number of ether oxygens (including phenoxy) is 4. The monoisotopic (exact) mass is 944 g/mol. The van der Waals surface area contributed by atoms with Crippen molar-refractivity contribution in [3.8, 4) is 39.8 Å². The highest BCUT2D eigenvalue weighted by Gasteiger charge is 2.26. The topological polar surface area (TPSA) is 189 Å². The Kier molecular flexibility index (Phi) is 16.1. The van der Waals surface area contributed by atoms with Crippen LogP contribution in [0.2, 0.25) is 5.02 Å². The first-order valence-electron chi connectivity index (χ1n) is 22.1. The first kappa shape index (κ1) is 50.4. The van der Waals surface area contributed by atoms with Gasteiger partial charge in [-0.15, -0.1) is 0 Å². The van der Waals surface area contributed by atoms with E-state index in [1.807, 2.05) is 50.2 Å². The molecule has 0 bridgehead atoms. The Balaban J connectivity index is 1.26. The lowest BCUT2D eigenvalue weighted by Gasteiger charge is -2.28. The van der Waals surface area contributed by atoms with E-state index in [0.29, 0.717) is 33.8 Å². The van der Waals surface area contributed by atoms with Crippen molar-refractivity contribution in [2.75, 3.05) is 26.3 Å². The molecule has 356 valence electrons. The Hall–Kier alpha value is -6.99. The zero-order valence-electron chi connectivity index (χ0n) is 39.6. The van der Waals surface area contributed by atoms with Crippen molar-refractivity contribution in [1.82, 2.24) is 24.2 Å². The van der Waals surface area contributed by atoms with E-state index in [2.05, 4.69) is 28.2 Å². The maximum atomic E-state index is 13.6. The van der Waals surface area contributed by atoms with Crippen molar-refractivity contribution in [3.63, 3.8) is 0 Å². The van der Waals surface area contributed by atoms with Crippen molar-refractivity contribution in [3.05, 3.63) is 146 Å². The van der Waals surface area contributed by atoms with E-state index in [-0.39, 0.29) is 68.8 Å². The summed E-state index contributed by atoms with van der Waals surface area (Å²) in [5, 5.41) is 29.1. The normalized spacial score (nSPS) is 11.5. The number of nitriles is 1. The van der Waals surface area contributed by atoms with Crippen molar-refractivity contribution in [2.45, 2.75) is 92.9 Å². The first-order valence-corrected chi connectivity index (χ1v) is 22.5. The molecule has 0 saturated carbocycles. The van der Waals surface area contributed by atoms with Crippen LogP contribution < -0.4 is 15.0 Å². The second kappa shape index (κ2) is 21.8. The molecule has 0 fully saturated rings. The molecule has 0 aliphatic heterocycles. The Morgan fingerprint density at radius 2 is 1.34 bits per heavy atom. The van der Waals surface area contributed by atoms with Gasteiger partial charge in [-0.05, 0) is 119 Å². The summed E-state index contributed by atoms with van der Waals surface area (Å²) in [7, 11) is 0. The molecule has 0 radical (unpaired) electrons. The second-order valence-corrected chi connectivity index (χ2v) is 18.6. The number of rotatable bonds is 16. The second-order valence-electron chi connectivity index (χ2n) is 18.2. The average molecular weight is 946 g/mol. The zero-order chi connectivity index (χ0) is 49.3. The molecular weight excluding hydrogens is 888 g/mol. The third-order valence-electron chi connectivity index (χ3n) is 10.7. The van der Waals surface area contributed by atoms with Crippen LogP contribution in [0.15, 0.2) is 96.3 Å². The lowest BCUT2D eigenvalue weighted by molar-refractivity contribution is 0.0192. The average Bonchev–Trinajstić information content (AvgIpc) is 3.28. The summed E-state index contributed by atoms with van der Waals surface area (Å²) in [5.41, 5.74) is 7.12. The standard InChI is InChI=1S/C52H57ClN6O9/c1-33-38(32-66-46-24-45(65-31-36-21-35(25-54)26-55-27-36)39(22-44(46)53)29-57(17-19-60)49(63)67-51(3,4)5)11-9-13-42(33)43-14-10-12-41(34(43)2)37-15-16-59-47(23-37)56-28-40(48(59)62)30-58(18-20-61)50(64)68-52(6,7)8/h9-16,21-24,26-28,60-61H,17-20,29-32H2,1-8H3. The van der Waals surface area contributed by atoms with Gasteiger partial charge in [0.25, 0.3) is 5.56 Å². The first-order chi connectivity index (χ1) is 32.3. The molecule has 15 nitrogen and oxygen atoms in total. The summed E-state index contributed by atoms with van der Waals surface area (Å²) in [6, 6.07) is 22.9. The number of halogens is 1. The van der Waals surface area contributed by atoms with Gasteiger partial charge in [-0.1, -0.05) is 48.0 Å². The minimum atomic E-state index is -0.765. The van der Waals surface area contributed by atoms with E-state index < -0.39 is 23.4 Å². The number of aromatic nitrogens is 3. The lowest BCUT2D eigenvalue weighted by Crippen LogP contribution is -2.39. The van der Waals surface area contributed by atoms with Crippen LogP contribution in [0.1, 0.15) is 80.5 Å². The molecule has 3 aromatic heterocycles. The summed E-state index contributed by atoms with van der Waals surface area (Å²) < 4.78 is 25.2. The van der Waals surface area contributed by atoms with E-state index in [0.717, 1.165) is 38.9 Å². The Morgan fingerprint density at radius 1 is 0.735 bits per heavy atom. The summed E-state index contributed by atoms with van der Waals surface area (Å²) in [5.74, 6) is 0.707. The smallest absolute Gasteiger partial charge is 0.410 e. The van der Waals surface area contributed by atoms with Crippen molar-refractivity contribution >= 4 is 29.4 Å². The minimum Gasteiger partial charge on any atom is -0.488 e. The summed E-state index contributed by atoms with van der Waals surface area (Å²) in [6.45, 7) is 14.2. The number of amides is 2. The van der Waals surface area contributed by atoms with Crippen LogP contribution in [-0.4, -0.2) is 84.1 Å². The number of hydrogen-bond acceptors (Lipinski definition) is 12. The Bertz CT molecular complexity index is 2900. The molecule has 16 heteroatoms. The van der Waals surface area contributed by atoms with Gasteiger partial charge in [0, 0.05) is 55.1 Å². The molecule has 0 unspecified atom stereocenters. The number of nitrogens with zero attached hydrogens (tertiary/aromatic N) is 6. The third-order valence-corrected chi connectivity index (χ3v) is 11.0. The number of fused-ring (bicyclic) bond motifs is 1. The van der Waals surface area contributed by atoms with E-state index in [1.165, 1.54) is 26.6 Å². The molecular formula is C52H57ClN6O9. The van der Waals surface area contributed by atoms with Crippen LogP contribution in [0.25, 0.3) is 27.9 Å². The van der Waals surface area contributed by atoms with Gasteiger partial charge in [-0.3, -0.25) is 14.2 Å². The number of hydrogen-bond donors (Lipinski definition) is 2. The zero-order valence-corrected chi connectivity index (χ0v) is 40.4. The molecule has 0 atom stereocenters. The van der Waals surface area contributed by atoms with Crippen LogP contribution in [0.4, 0.5) is 9.59 Å². The SMILES string of the molecule is Cc1c(COc2cc(OCc3cncc(C#N)c3)c(CN(CCO)C(=O)OC(C)(C)C)cc2Cl)cccc1-c1cccc(-c2ccn3c(=O)c(CN(CCO)C(=O)OC(C)(C)C)cnc3c2)c1C. The number of pyridine rings is 2. The van der Waals surface area contributed by atoms with Gasteiger partial charge in [0.1, 0.15) is 47.6 Å². The quantitative estimate of drug-likeness (QED) is 0.0938. The maximum Gasteiger partial charge on any atom is 0.410 e. The molecule has 3 heterocycles. The van der Waals surface area contributed by atoms with Gasteiger partial charge in [0.05, 0.1) is 42.5 Å². The molecule has 68 heavy (non-hydrogen) atoms. The largest absolute Gasteiger partial charge is 0.488 e. The van der Waals surface area contributed by atoms with Crippen LogP contribution in [0.3, 0.4) is 0 Å². The number of aliphatic hydroxyl groups is 2. The fraction of sp³-hybridized carbons (Fsp3) is 0.346. The van der Waals surface area contributed by atoms with Gasteiger partial charge in [-0.25, -0.2) is 14.6 Å². The number of carbonyl (C=O) groups is 2. The molecule has 0 spiro atoms. The fourth-order valence-corrected chi connectivity index (χ4v) is 7.67. The van der Waals surface area contributed by atoms with Crippen molar-refractivity contribution in [1.29, 1.82) is 5.26 Å². The fourth-order valence-electron chi connectivity index (χ4n) is 7.43. The van der Waals surface area contributed by atoms with Crippen LogP contribution >= 0.6 is 11.6 Å². The van der Waals surface area contributed by atoms with Crippen LogP contribution in [0, 0.1) is 25.2 Å². The van der Waals surface area contributed by atoms with Gasteiger partial charge in [-0.2, -0.15) is 5.26 Å².